The largest absolute Gasteiger partial charge is 0.490 e. The molecule has 2 fully saturated rings. The highest BCUT2D eigenvalue weighted by molar-refractivity contribution is 7.90. The van der Waals surface area contributed by atoms with E-state index in [0.29, 0.717) is 50.0 Å². The van der Waals surface area contributed by atoms with Crippen molar-refractivity contribution in [3.63, 3.8) is 0 Å². The van der Waals surface area contributed by atoms with Gasteiger partial charge >= 0.3 is 5.97 Å². The third-order valence-electron chi connectivity index (χ3n) is 12.6. The molecule has 1 saturated heterocycles. The summed E-state index contributed by atoms with van der Waals surface area (Å²) >= 11 is 6.40. The van der Waals surface area contributed by atoms with E-state index >= 15 is 0 Å². The Labute approximate surface area is 336 Å². The van der Waals surface area contributed by atoms with Crippen molar-refractivity contribution in [3.05, 3.63) is 70.3 Å². The Morgan fingerprint density at radius 2 is 1.91 bits per heavy atom. The molecule has 1 saturated carbocycles. The molecule has 5 aliphatic rings. The number of ether oxygens (including phenoxy) is 3. The highest BCUT2D eigenvalue weighted by atomic mass is 35.5. The number of halogens is 1. The average Bonchev–Trinajstić information content (AvgIpc) is 3.32. The molecule has 0 unspecified atom stereocenters. The number of benzene rings is 2. The number of fused-ring (bicyclic) bond motifs is 4. The molecule has 1 spiro atoms. The minimum Gasteiger partial charge on any atom is -0.490 e. The van der Waals surface area contributed by atoms with Gasteiger partial charge in [-0.15, -0.1) is 0 Å². The molecule has 14 heteroatoms. The topological polar surface area (TPSA) is 144 Å². The lowest BCUT2D eigenvalue weighted by Gasteiger charge is -2.48. The summed E-state index contributed by atoms with van der Waals surface area (Å²) in [6.07, 6.45) is 9.65. The molecule has 3 heterocycles. The predicted molar refractivity (Wildman–Crippen MR) is 217 cm³/mol. The lowest BCUT2D eigenvalue weighted by Crippen LogP contribution is -2.53. The Kier molecular flexibility index (Phi) is 13.5. The van der Waals surface area contributed by atoms with Crippen LogP contribution in [0.25, 0.3) is 0 Å². The first-order valence-electron chi connectivity index (χ1n) is 20.0. The lowest BCUT2D eigenvalue weighted by molar-refractivity contribution is -0.144. The van der Waals surface area contributed by atoms with E-state index in [1.807, 2.05) is 32.1 Å². The molecule has 2 aromatic rings. The van der Waals surface area contributed by atoms with Crippen LogP contribution in [0.15, 0.2) is 48.6 Å². The quantitative estimate of drug-likeness (QED) is 0.241. The minimum atomic E-state index is -3.97. The van der Waals surface area contributed by atoms with E-state index in [4.69, 9.17) is 25.8 Å². The molecule has 56 heavy (non-hydrogen) atoms. The third kappa shape index (κ3) is 9.12. The van der Waals surface area contributed by atoms with E-state index in [-0.39, 0.29) is 34.7 Å². The van der Waals surface area contributed by atoms with Crippen molar-refractivity contribution in [1.82, 2.24) is 14.9 Å². The number of amides is 1. The number of carbonyl (C=O) groups excluding carboxylic acids is 3. The Morgan fingerprint density at radius 3 is 2.61 bits per heavy atom. The zero-order valence-corrected chi connectivity index (χ0v) is 34.6. The van der Waals surface area contributed by atoms with Gasteiger partial charge in [-0.1, -0.05) is 30.7 Å². The molecule has 3 aliphatic heterocycles. The number of carbonyl (C=O) groups is 3. The highest BCUT2D eigenvalue weighted by Crippen LogP contribution is 2.48. The summed E-state index contributed by atoms with van der Waals surface area (Å²) in [5, 5.41) is 3.10. The van der Waals surface area contributed by atoms with E-state index in [9.17, 15) is 22.8 Å². The molecule has 6 atom stereocenters. The molecule has 2 aromatic carbocycles. The molecule has 306 valence electrons. The third-order valence-corrected chi connectivity index (χ3v) is 14.7. The fourth-order valence-corrected chi connectivity index (χ4v) is 10.4. The number of aryl methyl sites for hydroxylation is 1. The van der Waals surface area contributed by atoms with Crippen LogP contribution in [0.2, 0.25) is 5.02 Å². The lowest BCUT2D eigenvalue weighted by atomic mass is 9.64. The first kappa shape index (κ1) is 42.1. The summed E-state index contributed by atoms with van der Waals surface area (Å²) in [5.74, 6) is -0.314. The van der Waals surface area contributed by atoms with E-state index in [2.05, 4.69) is 32.0 Å². The number of rotatable bonds is 5. The molecule has 1 amide bonds. The predicted octanol–water partition coefficient (Wildman–Crippen LogP) is 4.92. The standard InChI is InChI=1S/C34H41ClN2O6S.C8H16N2O2/c1-22-6-4-15-34(20-38,42-3)29-11-8-26(29)18-37-19-33(14-5-7-24-16-27(35)10-12-28(24)33)21-43-31-13-9-25(17-30(31)37)32(39)36-44(40,41)23(22)2;1-2-12-8(11)7-10-5-3-9-4-6-10/h4,9-10,12-13,15-17,20,22-23,26,29H,5-8,11,14,18-19,21H2,1-3H3,(H,36,39);9H,2-7H2,1H3/b15-4+;/t22-,23+,26-,29+,33-,34+;/m0./s1. The second-order valence-electron chi connectivity index (χ2n) is 16.0. The van der Waals surface area contributed by atoms with Crippen LogP contribution in [-0.2, 0) is 40.9 Å². The molecule has 7 rings (SSSR count). The van der Waals surface area contributed by atoms with Crippen LogP contribution in [0.4, 0.5) is 5.69 Å². The second kappa shape index (κ2) is 18.0. The van der Waals surface area contributed by atoms with Crippen LogP contribution in [0.1, 0.15) is 74.4 Å². The van der Waals surface area contributed by atoms with Crippen molar-refractivity contribution in [2.45, 2.75) is 75.6 Å². The van der Waals surface area contributed by atoms with Gasteiger partial charge in [-0.3, -0.25) is 19.3 Å². The van der Waals surface area contributed by atoms with Gasteiger partial charge in [0.15, 0.2) is 6.29 Å². The van der Waals surface area contributed by atoms with Gasteiger partial charge in [0.1, 0.15) is 11.4 Å². The highest BCUT2D eigenvalue weighted by Gasteiger charge is 2.49. The van der Waals surface area contributed by atoms with Crippen LogP contribution in [0.5, 0.6) is 5.75 Å². The molecule has 2 bridgehead atoms. The van der Waals surface area contributed by atoms with Crippen molar-refractivity contribution in [2.75, 3.05) is 71.0 Å². The molecule has 2 aliphatic carbocycles. The van der Waals surface area contributed by atoms with Crippen LogP contribution < -0.4 is 19.7 Å². The number of nitrogens with zero attached hydrogens (tertiary/aromatic N) is 2. The maximum Gasteiger partial charge on any atom is 0.320 e. The maximum atomic E-state index is 13.4. The van der Waals surface area contributed by atoms with Gasteiger partial charge in [0.2, 0.25) is 10.0 Å². The maximum absolute atomic E-state index is 13.4. The van der Waals surface area contributed by atoms with E-state index in [1.54, 1.807) is 32.2 Å². The second-order valence-corrected chi connectivity index (χ2v) is 18.5. The fraction of sp³-hybridized carbons (Fsp3) is 0.595. The molecule has 2 N–H and O–H groups in total. The van der Waals surface area contributed by atoms with E-state index in [0.717, 1.165) is 70.3 Å². The van der Waals surface area contributed by atoms with Crippen molar-refractivity contribution in [1.29, 1.82) is 0 Å². The van der Waals surface area contributed by atoms with E-state index < -0.39 is 26.8 Å². The summed E-state index contributed by atoms with van der Waals surface area (Å²) in [7, 11) is -2.41. The number of allylic oxidation sites excluding steroid dienone is 1. The van der Waals surface area contributed by atoms with Crippen molar-refractivity contribution in [2.24, 2.45) is 17.8 Å². The van der Waals surface area contributed by atoms with Gasteiger partial charge < -0.3 is 24.4 Å². The number of hydrogen-bond donors (Lipinski definition) is 2. The minimum absolute atomic E-state index is 0.0434. The summed E-state index contributed by atoms with van der Waals surface area (Å²) in [6.45, 7) is 11.8. The Balaban J connectivity index is 0.000000380. The number of hydrogen-bond acceptors (Lipinski definition) is 11. The monoisotopic (exact) mass is 812 g/mol. The van der Waals surface area contributed by atoms with Crippen molar-refractivity contribution >= 4 is 45.5 Å². The van der Waals surface area contributed by atoms with Gasteiger partial charge in [0, 0.05) is 68.3 Å². The fourth-order valence-electron chi connectivity index (χ4n) is 8.94. The molecular weight excluding hydrogens is 756 g/mol. The van der Waals surface area contributed by atoms with Gasteiger partial charge in [-0.05, 0) is 112 Å². The zero-order chi connectivity index (χ0) is 40.1. The first-order valence-corrected chi connectivity index (χ1v) is 21.9. The molecule has 0 aromatic heterocycles. The van der Waals surface area contributed by atoms with Gasteiger partial charge in [0.25, 0.3) is 5.91 Å². The van der Waals surface area contributed by atoms with Crippen LogP contribution in [0, 0.1) is 17.8 Å². The Bertz CT molecular complexity index is 1890. The smallest absolute Gasteiger partial charge is 0.320 e. The summed E-state index contributed by atoms with van der Waals surface area (Å²) < 4.78 is 46.2. The number of aldehydes is 1. The Hall–Kier alpha value is -3.49. The molecule has 12 nitrogen and oxygen atoms in total. The summed E-state index contributed by atoms with van der Waals surface area (Å²) in [5.41, 5.74) is 2.05. The molecule has 0 radical (unpaired) electrons. The van der Waals surface area contributed by atoms with Crippen LogP contribution in [-0.4, -0.2) is 108 Å². The molecular formula is C42H57ClN4O8S. The van der Waals surface area contributed by atoms with Crippen LogP contribution >= 0.6 is 11.6 Å². The van der Waals surface area contributed by atoms with Crippen LogP contribution in [0.3, 0.4) is 0 Å². The number of methoxy groups -OCH3 is 1. The number of piperazine rings is 1. The normalized spacial score (nSPS) is 30.7. The van der Waals surface area contributed by atoms with E-state index in [1.165, 1.54) is 11.1 Å². The number of esters is 1. The summed E-state index contributed by atoms with van der Waals surface area (Å²) in [4.78, 5) is 41.5. The zero-order valence-electron chi connectivity index (χ0n) is 33.1. The SMILES string of the molecule is CCOC(=O)CN1CCNCC1.CO[C@@]1(C=O)/C=C/C[C@H](C)[C@@H](C)S(=O)(=O)NC(=O)c2ccc3c(c2)N(C[C@@H]2CC[C@H]21)C[C@@]1(CCCc2cc(Cl)ccc21)CO3. The van der Waals surface area contributed by atoms with Gasteiger partial charge in [-0.25, -0.2) is 13.1 Å². The van der Waals surface area contributed by atoms with Gasteiger partial charge in [0.05, 0.1) is 30.7 Å². The Morgan fingerprint density at radius 1 is 1.12 bits per heavy atom. The number of sulfonamides is 1. The van der Waals surface area contributed by atoms with Crippen molar-refractivity contribution < 1.29 is 37.0 Å². The average molecular weight is 813 g/mol. The van der Waals surface area contributed by atoms with Gasteiger partial charge in [-0.2, -0.15) is 0 Å². The number of nitrogens with one attached hydrogen (secondary N) is 2. The van der Waals surface area contributed by atoms with Crippen molar-refractivity contribution in [3.8, 4) is 5.75 Å². The first-order chi connectivity index (χ1) is 26.8. The summed E-state index contributed by atoms with van der Waals surface area (Å²) in [6, 6.07) is 11.3. The number of anilines is 1.